The Morgan fingerprint density at radius 3 is 2.11 bits per heavy atom. The van der Waals surface area contributed by atoms with Gasteiger partial charge in [0.2, 0.25) is 0 Å². The van der Waals surface area contributed by atoms with Crippen molar-refractivity contribution in [2.45, 2.75) is 50.7 Å². The Bertz CT molecular complexity index is 244. The minimum absolute atomic E-state index is 0.237. The van der Waals surface area contributed by atoms with Gasteiger partial charge in [0.05, 0.1) is 11.7 Å². The van der Waals surface area contributed by atoms with Gasteiger partial charge in [-0.25, -0.2) is 0 Å². The van der Waals surface area contributed by atoms with Crippen LogP contribution in [-0.4, -0.2) is 71.0 Å². The molecule has 1 saturated heterocycles. The number of β-amino-alcohol motifs (C(OH)–C–C–N with tert-alkyl or cyclic N) is 2. The van der Waals surface area contributed by atoms with E-state index >= 15 is 0 Å². The molecule has 1 aliphatic carbocycles. The van der Waals surface area contributed by atoms with Crippen molar-refractivity contribution in [3.8, 4) is 0 Å². The largest absolute Gasteiger partial charge is 0.392 e. The van der Waals surface area contributed by atoms with Crippen LogP contribution in [0.2, 0.25) is 0 Å². The molecule has 0 amide bonds. The standard InChI is InChI=1S/C14H28N2O2/c1-13(17)11-15-7-9-16(10-8-15)12-14(18)5-3-2-4-6-14/h13,17-18H,2-12H2,1H3/t13-/m0/s1. The molecule has 0 aromatic heterocycles. The Balaban J connectivity index is 1.72. The average Bonchev–Trinajstić information content (AvgIpc) is 2.31. The molecule has 2 rings (SSSR count). The third-order valence-electron chi connectivity index (χ3n) is 4.29. The van der Waals surface area contributed by atoms with Crippen molar-refractivity contribution >= 4 is 0 Å². The molecule has 0 aromatic rings. The van der Waals surface area contributed by atoms with E-state index < -0.39 is 5.60 Å². The highest BCUT2D eigenvalue weighted by atomic mass is 16.3. The third-order valence-corrected chi connectivity index (χ3v) is 4.29. The highest BCUT2D eigenvalue weighted by Gasteiger charge is 2.32. The van der Waals surface area contributed by atoms with Crippen molar-refractivity contribution in [2.75, 3.05) is 39.3 Å². The zero-order chi connectivity index (χ0) is 13.0. The topological polar surface area (TPSA) is 46.9 Å². The summed E-state index contributed by atoms with van der Waals surface area (Å²) in [6, 6.07) is 0. The van der Waals surface area contributed by atoms with Crippen LogP contribution in [0, 0.1) is 0 Å². The maximum Gasteiger partial charge on any atom is 0.0774 e. The molecule has 1 saturated carbocycles. The highest BCUT2D eigenvalue weighted by Crippen LogP contribution is 2.29. The van der Waals surface area contributed by atoms with Gasteiger partial charge in [-0.15, -0.1) is 0 Å². The second kappa shape index (κ2) is 6.33. The van der Waals surface area contributed by atoms with Crippen molar-refractivity contribution in [1.82, 2.24) is 9.80 Å². The molecule has 1 atom stereocenters. The lowest BCUT2D eigenvalue weighted by Crippen LogP contribution is -2.53. The van der Waals surface area contributed by atoms with Crippen LogP contribution in [0.3, 0.4) is 0 Å². The summed E-state index contributed by atoms with van der Waals surface area (Å²) in [6.45, 7) is 7.54. The van der Waals surface area contributed by atoms with Crippen LogP contribution in [0.15, 0.2) is 0 Å². The van der Waals surface area contributed by atoms with E-state index in [9.17, 15) is 10.2 Å². The van der Waals surface area contributed by atoms with Gasteiger partial charge in [0.15, 0.2) is 0 Å². The third kappa shape index (κ3) is 4.19. The Kier molecular flexibility index (Phi) is 5.01. The molecule has 0 aromatic carbocycles. The highest BCUT2D eigenvalue weighted by molar-refractivity contribution is 4.87. The summed E-state index contributed by atoms with van der Waals surface area (Å²) in [7, 11) is 0. The van der Waals surface area contributed by atoms with Crippen molar-refractivity contribution < 1.29 is 10.2 Å². The van der Waals surface area contributed by atoms with E-state index in [0.717, 1.165) is 52.1 Å². The maximum absolute atomic E-state index is 10.5. The second-order valence-corrected chi connectivity index (χ2v) is 6.21. The molecule has 1 aliphatic heterocycles. The van der Waals surface area contributed by atoms with Crippen LogP contribution in [0.25, 0.3) is 0 Å². The molecule has 0 bridgehead atoms. The van der Waals surface area contributed by atoms with Gasteiger partial charge in [-0.2, -0.15) is 0 Å². The summed E-state index contributed by atoms with van der Waals surface area (Å²) in [5.74, 6) is 0. The van der Waals surface area contributed by atoms with Crippen LogP contribution < -0.4 is 0 Å². The molecule has 1 heterocycles. The van der Waals surface area contributed by atoms with Crippen molar-refractivity contribution in [3.05, 3.63) is 0 Å². The first kappa shape index (κ1) is 14.3. The molecule has 4 heteroatoms. The van der Waals surface area contributed by atoms with Gasteiger partial charge in [0, 0.05) is 39.3 Å². The number of aliphatic hydroxyl groups is 2. The molecule has 0 spiro atoms. The van der Waals surface area contributed by atoms with Crippen LogP contribution >= 0.6 is 0 Å². The van der Waals surface area contributed by atoms with E-state index in [2.05, 4.69) is 9.80 Å². The van der Waals surface area contributed by atoms with Crippen molar-refractivity contribution in [3.63, 3.8) is 0 Å². The first-order valence-electron chi connectivity index (χ1n) is 7.43. The lowest BCUT2D eigenvalue weighted by molar-refractivity contribution is -0.0374. The normalized spacial score (nSPS) is 28.2. The zero-order valence-electron chi connectivity index (χ0n) is 11.6. The molecule has 0 unspecified atom stereocenters. The smallest absolute Gasteiger partial charge is 0.0774 e. The fourth-order valence-electron chi connectivity index (χ4n) is 3.29. The lowest BCUT2D eigenvalue weighted by atomic mass is 9.84. The summed E-state index contributed by atoms with van der Waals surface area (Å²) in [4.78, 5) is 4.70. The molecular weight excluding hydrogens is 228 g/mol. The fraction of sp³-hybridized carbons (Fsp3) is 1.00. The molecule has 18 heavy (non-hydrogen) atoms. The number of aliphatic hydroxyl groups excluding tert-OH is 1. The summed E-state index contributed by atoms with van der Waals surface area (Å²) in [5.41, 5.74) is -0.426. The second-order valence-electron chi connectivity index (χ2n) is 6.21. The molecule has 2 aliphatic rings. The van der Waals surface area contributed by atoms with Gasteiger partial charge in [0.1, 0.15) is 0 Å². The summed E-state index contributed by atoms with van der Waals surface area (Å²) in [6.07, 6.45) is 5.35. The first-order chi connectivity index (χ1) is 8.57. The van der Waals surface area contributed by atoms with Crippen LogP contribution in [0.4, 0.5) is 0 Å². The maximum atomic E-state index is 10.5. The average molecular weight is 256 g/mol. The summed E-state index contributed by atoms with van der Waals surface area (Å²) in [5, 5.41) is 19.9. The van der Waals surface area contributed by atoms with Gasteiger partial charge in [-0.3, -0.25) is 9.80 Å². The predicted octanol–water partition coefficient (Wildman–Crippen LogP) is 0.680. The van der Waals surface area contributed by atoms with Crippen LogP contribution in [0.5, 0.6) is 0 Å². The predicted molar refractivity (Wildman–Crippen MR) is 72.6 cm³/mol. The quantitative estimate of drug-likeness (QED) is 0.776. The fourth-order valence-corrected chi connectivity index (χ4v) is 3.29. The zero-order valence-corrected chi connectivity index (χ0v) is 11.6. The van der Waals surface area contributed by atoms with Gasteiger partial charge in [0.25, 0.3) is 0 Å². The van der Waals surface area contributed by atoms with E-state index in [1.807, 2.05) is 6.92 Å². The summed E-state index contributed by atoms with van der Waals surface area (Å²) < 4.78 is 0. The molecular formula is C14H28N2O2. The van der Waals surface area contributed by atoms with E-state index in [1.54, 1.807) is 0 Å². The van der Waals surface area contributed by atoms with E-state index in [-0.39, 0.29) is 6.10 Å². The Morgan fingerprint density at radius 2 is 1.56 bits per heavy atom. The Hall–Kier alpha value is -0.160. The minimum Gasteiger partial charge on any atom is -0.392 e. The van der Waals surface area contributed by atoms with Gasteiger partial charge in [-0.1, -0.05) is 19.3 Å². The number of hydrogen-bond donors (Lipinski definition) is 2. The minimum atomic E-state index is -0.426. The Labute approximate surface area is 111 Å². The monoisotopic (exact) mass is 256 g/mol. The number of piperazine rings is 1. The number of rotatable bonds is 4. The number of nitrogens with zero attached hydrogens (tertiary/aromatic N) is 2. The Morgan fingerprint density at radius 1 is 1.00 bits per heavy atom. The molecule has 2 N–H and O–H groups in total. The van der Waals surface area contributed by atoms with Crippen molar-refractivity contribution in [2.24, 2.45) is 0 Å². The molecule has 4 nitrogen and oxygen atoms in total. The van der Waals surface area contributed by atoms with Crippen LogP contribution in [0.1, 0.15) is 39.0 Å². The van der Waals surface area contributed by atoms with E-state index in [0.29, 0.717) is 0 Å². The molecule has 2 fully saturated rings. The van der Waals surface area contributed by atoms with Crippen molar-refractivity contribution in [1.29, 1.82) is 0 Å². The summed E-state index contributed by atoms with van der Waals surface area (Å²) >= 11 is 0. The molecule has 106 valence electrons. The lowest BCUT2D eigenvalue weighted by Gasteiger charge is -2.41. The number of hydrogen-bond acceptors (Lipinski definition) is 4. The first-order valence-corrected chi connectivity index (χ1v) is 7.43. The van der Waals surface area contributed by atoms with E-state index in [4.69, 9.17) is 0 Å². The van der Waals surface area contributed by atoms with E-state index in [1.165, 1.54) is 19.3 Å². The van der Waals surface area contributed by atoms with Gasteiger partial charge >= 0.3 is 0 Å². The van der Waals surface area contributed by atoms with Gasteiger partial charge in [-0.05, 0) is 19.8 Å². The molecule has 0 radical (unpaired) electrons. The van der Waals surface area contributed by atoms with Gasteiger partial charge < -0.3 is 10.2 Å². The van der Waals surface area contributed by atoms with Crippen LogP contribution in [-0.2, 0) is 0 Å². The SMILES string of the molecule is C[C@H](O)CN1CCN(CC2(O)CCCCC2)CC1.